The average molecular weight is 298 g/mol. The summed E-state index contributed by atoms with van der Waals surface area (Å²) >= 11 is 0. The second-order valence-electron chi connectivity index (χ2n) is 4.67. The fourth-order valence-electron chi connectivity index (χ4n) is 1.84. The molecule has 0 aromatic heterocycles. The zero-order chi connectivity index (χ0) is 16.1. The zero-order valence-electron chi connectivity index (χ0n) is 11.8. The summed E-state index contributed by atoms with van der Waals surface area (Å²) in [6.45, 7) is 1.72. The van der Waals surface area contributed by atoms with Gasteiger partial charge in [0, 0.05) is 35.2 Å². The van der Waals surface area contributed by atoms with Crippen molar-refractivity contribution in [2.75, 3.05) is 5.32 Å². The molecule has 0 spiro atoms. The molecule has 0 radical (unpaired) electrons. The number of allylic oxidation sites excluding steroid dienone is 2. The molecule has 0 fully saturated rings. The molecule has 2 rings (SSSR count). The van der Waals surface area contributed by atoms with Crippen molar-refractivity contribution in [2.24, 2.45) is 0 Å². The Hall–Kier alpha value is -3.15. The lowest BCUT2D eigenvalue weighted by molar-refractivity contribution is -0.384. The van der Waals surface area contributed by atoms with Crippen LogP contribution in [0.5, 0.6) is 5.75 Å². The molecule has 6 nitrogen and oxygen atoms in total. The highest BCUT2D eigenvalue weighted by Crippen LogP contribution is 2.17. The third kappa shape index (κ3) is 3.92. The van der Waals surface area contributed by atoms with Gasteiger partial charge in [0.15, 0.2) is 5.78 Å². The van der Waals surface area contributed by atoms with Gasteiger partial charge < -0.3 is 10.4 Å². The van der Waals surface area contributed by atoms with E-state index in [9.17, 15) is 20.0 Å². The third-order valence-corrected chi connectivity index (χ3v) is 2.92. The predicted octanol–water partition coefficient (Wildman–Crippen LogP) is 3.50. The summed E-state index contributed by atoms with van der Waals surface area (Å²) in [5, 5.41) is 22.8. The standard InChI is InChI=1S/C16H14N2O4/c1-11(10-16(20)12-2-8-15(19)9-3-12)17-13-4-6-14(7-5-13)18(21)22/h2-10,17,19H,1H3/b11-10+. The van der Waals surface area contributed by atoms with E-state index in [1.807, 2.05) is 0 Å². The SMILES string of the molecule is C/C(=C\C(=O)c1ccc(O)cc1)Nc1ccc([N+](=O)[O-])cc1. The number of nitrogens with zero attached hydrogens (tertiary/aromatic N) is 1. The van der Waals surface area contributed by atoms with Gasteiger partial charge in [0.25, 0.3) is 5.69 Å². The number of carbonyl (C=O) groups is 1. The van der Waals surface area contributed by atoms with E-state index in [2.05, 4.69) is 5.32 Å². The summed E-state index contributed by atoms with van der Waals surface area (Å²) in [7, 11) is 0. The van der Waals surface area contributed by atoms with Crippen LogP contribution in [-0.2, 0) is 0 Å². The number of nitro groups is 1. The molecule has 0 aliphatic rings. The number of nitro benzene ring substituents is 1. The minimum Gasteiger partial charge on any atom is -0.508 e. The highest BCUT2D eigenvalue weighted by Gasteiger charge is 2.05. The molecule has 112 valence electrons. The molecule has 0 saturated carbocycles. The van der Waals surface area contributed by atoms with Gasteiger partial charge in [-0.15, -0.1) is 0 Å². The van der Waals surface area contributed by atoms with E-state index in [0.29, 0.717) is 16.9 Å². The maximum atomic E-state index is 12.0. The highest BCUT2D eigenvalue weighted by atomic mass is 16.6. The maximum Gasteiger partial charge on any atom is 0.269 e. The number of non-ortho nitro benzene ring substituents is 1. The summed E-state index contributed by atoms with van der Waals surface area (Å²) in [6, 6.07) is 11.9. The van der Waals surface area contributed by atoms with E-state index in [4.69, 9.17) is 0 Å². The first kappa shape index (κ1) is 15.2. The quantitative estimate of drug-likeness (QED) is 0.381. The van der Waals surface area contributed by atoms with Gasteiger partial charge in [0.1, 0.15) is 5.75 Å². The number of phenols is 1. The summed E-state index contributed by atoms with van der Waals surface area (Å²) in [5.74, 6) is -0.104. The van der Waals surface area contributed by atoms with Gasteiger partial charge in [0.05, 0.1) is 4.92 Å². The lowest BCUT2D eigenvalue weighted by atomic mass is 10.1. The van der Waals surface area contributed by atoms with Crippen LogP contribution >= 0.6 is 0 Å². The first-order valence-electron chi connectivity index (χ1n) is 6.49. The fraction of sp³-hybridized carbons (Fsp3) is 0.0625. The molecule has 2 N–H and O–H groups in total. The van der Waals surface area contributed by atoms with Gasteiger partial charge in [-0.25, -0.2) is 0 Å². The number of carbonyl (C=O) groups excluding carboxylic acids is 1. The number of hydrogen-bond donors (Lipinski definition) is 2. The maximum absolute atomic E-state index is 12.0. The number of anilines is 1. The van der Waals surface area contributed by atoms with Crippen LogP contribution in [0.2, 0.25) is 0 Å². The molecule has 0 unspecified atom stereocenters. The molecule has 0 atom stereocenters. The van der Waals surface area contributed by atoms with Crippen molar-refractivity contribution in [3.63, 3.8) is 0 Å². The molecular formula is C16H14N2O4. The first-order chi connectivity index (χ1) is 10.5. The summed E-state index contributed by atoms with van der Waals surface area (Å²) in [6.07, 6.45) is 1.42. The van der Waals surface area contributed by atoms with E-state index in [-0.39, 0.29) is 17.2 Å². The molecule has 0 aliphatic carbocycles. The predicted molar refractivity (Wildman–Crippen MR) is 82.9 cm³/mol. The smallest absolute Gasteiger partial charge is 0.269 e. The zero-order valence-corrected chi connectivity index (χ0v) is 11.8. The molecule has 0 aliphatic heterocycles. The van der Waals surface area contributed by atoms with Crippen molar-refractivity contribution in [1.82, 2.24) is 0 Å². The number of nitrogens with one attached hydrogen (secondary N) is 1. The van der Waals surface area contributed by atoms with Gasteiger partial charge in [0.2, 0.25) is 0 Å². The highest BCUT2D eigenvalue weighted by molar-refractivity contribution is 6.05. The minimum atomic E-state index is -0.471. The molecule has 6 heteroatoms. The lowest BCUT2D eigenvalue weighted by Crippen LogP contribution is -2.01. The molecule has 2 aromatic rings. The molecule has 0 heterocycles. The Labute approximate surface area is 126 Å². The van der Waals surface area contributed by atoms with Crippen LogP contribution in [0.1, 0.15) is 17.3 Å². The van der Waals surface area contributed by atoms with E-state index in [1.54, 1.807) is 19.1 Å². The van der Waals surface area contributed by atoms with E-state index in [1.165, 1.54) is 42.5 Å². The Balaban J connectivity index is 2.07. The molecule has 0 bridgehead atoms. The van der Waals surface area contributed by atoms with Crippen LogP contribution in [0.15, 0.2) is 60.3 Å². The number of benzene rings is 2. The van der Waals surface area contributed by atoms with E-state index >= 15 is 0 Å². The Kier molecular flexibility index (Phi) is 4.53. The first-order valence-corrected chi connectivity index (χ1v) is 6.49. The molecular weight excluding hydrogens is 284 g/mol. The number of phenolic OH excluding ortho intramolecular Hbond substituents is 1. The average Bonchev–Trinajstić information content (AvgIpc) is 2.48. The Bertz CT molecular complexity index is 719. The van der Waals surface area contributed by atoms with Crippen LogP contribution in [0, 0.1) is 10.1 Å². The molecule has 0 saturated heterocycles. The van der Waals surface area contributed by atoms with Gasteiger partial charge in [-0.05, 0) is 43.3 Å². The Morgan fingerprint density at radius 1 is 1.14 bits per heavy atom. The number of aromatic hydroxyl groups is 1. The van der Waals surface area contributed by atoms with E-state index in [0.717, 1.165) is 0 Å². The topological polar surface area (TPSA) is 92.5 Å². The van der Waals surface area contributed by atoms with Crippen LogP contribution in [0.4, 0.5) is 11.4 Å². The van der Waals surface area contributed by atoms with Crippen LogP contribution in [0.25, 0.3) is 0 Å². The van der Waals surface area contributed by atoms with Gasteiger partial charge in [-0.3, -0.25) is 14.9 Å². The van der Waals surface area contributed by atoms with Gasteiger partial charge in [-0.1, -0.05) is 0 Å². The van der Waals surface area contributed by atoms with E-state index < -0.39 is 4.92 Å². The largest absolute Gasteiger partial charge is 0.508 e. The minimum absolute atomic E-state index is 0.00681. The Morgan fingerprint density at radius 2 is 1.73 bits per heavy atom. The second-order valence-corrected chi connectivity index (χ2v) is 4.67. The number of ketones is 1. The van der Waals surface area contributed by atoms with Crippen molar-refractivity contribution in [2.45, 2.75) is 6.92 Å². The third-order valence-electron chi connectivity index (χ3n) is 2.92. The number of rotatable bonds is 5. The lowest BCUT2D eigenvalue weighted by Gasteiger charge is -2.06. The normalized spacial score (nSPS) is 11.0. The van der Waals surface area contributed by atoms with Gasteiger partial charge in [-0.2, -0.15) is 0 Å². The Morgan fingerprint density at radius 3 is 2.27 bits per heavy atom. The van der Waals surface area contributed by atoms with Crippen molar-refractivity contribution in [1.29, 1.82) is 0 Å². The van der Waals surface area contributed by atoms with Crippen LogP contribution in [0.3, 0.4) is 0 Å². The molecule has 2 aromatic carbocycles. The van der Waals surface area contributed by atoms with Gasteiger partial charge >= 0.3 is 0 Å². The second kappa shape index (κ2) is 6.53. The monoisotopic (exact) mass is 298 g/mol. The summed E-state index contributed by atoms with van der Waals surface area (Å²) in [4.78, 5) is 22.1. The number of hydrogen-bond acceptors (Lipinski definition) is 5. The van der Waals surface area contributed by atoms with Crippen LogP contribution < -0.4 is 5.32 Å². The fourth-order valence-corrected chi connectivity index (χ4v) is 1.84. The summed E-state index contributed by atoms with van der Waals surface area (Å²) < 4.78 is 0. The van der Waals surface area contributed by atoms with Crippen molar-refractivity contribution in [3.05, 3.63) is 76.0 Å². The van der Waals surface area contributed by atoms with Crippen LogP contribution in [-0.4, -0.2) is 15.8 Å². The summed E-state index contributed by atoms with van der Waals surface area (Å²) in [5.41, 5.74) is 1.72. The molecule has 0 amide bonds. The van der Waals surface area contributed by atoms with Crippen molar-refractivity contribution >= 4 is 17.2 Å². The van der Waals surface area contributed by atoms with Crippen molar-refractivity contribution in [3.8, 4) is 5.75 Å². The molecule has 22 heavy (non-hydrogen) atoms. The van der Waals surface area contributed by atoms with Crippen molar-refractivity contribution < 1.29 is 14.8 Å².